The molecule has 0 atom stereocenters. The number of carbonyl (C=O) groups is 1. The Morgan fingerprint density at radius 3 is 2.68 bits per heavy atom. The molecule has 1 saturated heterocycles. The van der Waals surface area contributed by atoms with Crippen molar-refractivity contribution in [2.45, 2.75) is 19.3 Å². The van der Waals surface area contributed by atoms with Gasteiger partial charge >= 0.3 is 5.97 Å². The standard InChI is InChI=1S/C14H16O5/c15-13(16)14(3-5-17-6-4-14)8-10-1-2-11-12(7-10)19-9-18-11/h1-2,7H,3-6,8-9H2,(H,15,16). The fourth-order valence-corrected chi connectivity index (χ4v) is 2.67. The summed E-state index contributed by atoms with van der Waals surface area (Å²) >= 11 is 0. The molecule has 0 unspecified atom stereocenters. The average molecular weight is 264 g/mol. The Bertz CT molecular complexity index is 491. The Hall–Kier alpha value is -1.75. The minimum absolute atomic E-state index is 0.233. The molecule has 2 aliphatic heterocycles. The van der Waals surface area contributed by atoms with Gasteiger partial charge in [-0.1, -0.05) is 6.07 Å². The summed E-state index contributed by atoms with van der Waals surface area (Å²) in [5.41, 5.74) is 0.250. The quantitative estimate of drug-likeness (QED) is 0.902. The molecule has 5 heteroatoms. The van der Waals surface area contributed by atoms with E-state index in [0.717, 1.165) is 11.3 Å². The van der Waals surface area contributed by atoms with Crippen LogP contribution in [0.4, 0.5) is 0 Å². The van der Waals surface area contributed by atoms with E-state index in [4.69, 9.17) is 14.2 Å². The number of hydrogen-bond acceptors (Lipinski definition) is 4. The predicted octanol–water partition coefficient (Wildman–Crippen LogP) is 1.84. The van der Waals surface area contributed by atoms with Crippen LogP contribution in [0.3, 0.4) is 0 Å². The molecule has 1 fully saturated rings. The number of benzene rings is 1. The summed E-state index contributed by atoms with van der Waals surface area (Å²) < 4.78 is 15.9. The van der Waals surface area contributed by atoms with Gasteiger partial charge in [0.25, 0.3) is 0 Å². The molecule has 0 saturated carbocycles. The van der Waals surface area contributed by atoms with E-state index in [-0.39, 0.29) is 6.79 Å². The van der Waals surface area contributed by atoms with Gasteiger partial charge in [-0.05, 0) is 37.0 Å². The second-order valence-electron chi connectivity index (χ2n) is 5.06. The minimum Gasteiger partial charge on any atom is -0.481 e. The van der Waals surface area contributed by atoms with Crippen LogP contribution in [0.15, 0.2) is 18.2 Å². The van der Waals surface area contributed by atoms with Crippen molar-refractivity contribution in [1.29, 1.82) is 0 Å². The second-order valence-corrected chi connectivity index (χ2v) is 5.06. The van der Waals surface area contributed by atoms with Crippen LogP contribution in [0.5, 0.6) is 11.5 Å². The molecular weight excluding hydrogens is 248 g/mol. The number of aliphatic carboxylic acids is 1. The summed E-state index contributed by atoms with van der Waals surface area (Å²) in [7, 11) is 0. The maximum atomic E-state index is 11.6. The van der Waals surface area contributed by atoms with Gasteiger partial charge in [-0.15, -0.1) is 0 Å². The number of carboxylic acid groups (broad SMARTS) is 1. The summed E-state index contributed by atoms with van der Waals surface area (Å²) in [6.45, 7) is 1.25. The minimum atomic E-state index is -0.742. The lowest BCUT2D eigenvalue weighted by molar-refractivity contribution is -0.154. The Morgan fingerprint density at radius 1 is 1.21 bits per heavy atom. The summed E-state index contributed by atoms with van der Waals surface area (Å²) in [6, 6.07) is 5.63. The van der Waals surface area contributed by atoms with Gasteiger partial charge in [0, 0.05) is 13.2 Å². The van der Waals surface area contributed by atoms with Gasteiger partial charge in [-0.25, -0.2) is 0 Å². The van der Waals surface area contributed by atoms with Crippen molar-refractivity contribution < 1.29 is 24.1 Å². The molecule has 1 N–H and O–H groups in total. The third-order valence-corrected chi connectivity index (χ3v) is 3.88. The Labute approximate surface area is 111 Å². The molecule has 1 aromatic carbocycles. The normalized spacial score (nSPS) is 20.2. The van der Waals surface area contributed by atoms with E-state index in [2.05, 4.69) is 0 Å². The van der Waals surface area contributed by atoms with Gasteiger partial charge in [-0.2, -0.15) is 0 Å². The predicted molar refractivity (Wildman–Crippen MR) is 66.4 cm³/mol. The van der Waals surface area contributed by atoms with Crippen LogP contribution in [0.2, 0.25) is 0 Å². The molecule has 2 aliphatic rings. The third-order valence-electron chi connectivity index (χ3n) is 3.88. The van der Waals surface area contributed by atoms with Crippen LogP contribution >= 0.6 is 0 Å². The molecule has 0 spiro atoms. The molecule has 0 aliphatic carbocycles. The second kappa shape index (κ2) is 4.74. The molecule has 102 valence electrons. The highest BCUT2D eigenvalue weighted by molar-refractivity contribution is 5.75. The zero-order valence-corrected chi connectivity index (χ0v) is 10.6. The zero-order chi connectivity index (χ0) is 13.3. The first-order valence-electron chi connectivity index (χ1n) is 6.39. The smallest absolute Gasteiger partial charge is 0.310 e. The number of rotatable bonds is 3. The van der Waals surface area contributed by atoms with Crippen molar-refractivity contribution >= 4 is 5.97 Å². The molecule has 0 aromatic heterocycles. The van der Waals surface area contributed by atoms with Crippen molar-refractivity contribution in [1.82, 2.24) is 0 Å². The van der Waals surface area contributed by atoms with Gasteiger partial charge in [0.15, 0.2) is 11.5 Å². The van der Waals surface area contributed by atoms with Crippen molar-refractivity contribution in [2.75, 3.05) is 20.0 Å². The molecule has 19 heavy (non-hydrogen) atoms. The van der Waals surface area contributed by atoms with Gasteiger partial charge in [-0.3, -0.25) is 4.79 Å². The third kappa shape index (κ3) is 2.26. The summed E-state index contributed by atoms with van der Waals surface area (Å²) in [6.07, 6.45) is 1.61. The zero-order valence-electron chi connectivity index (χ0n) is 10.6. The summed E-state index contributed by atoms with van der Waals surface area (Å²) in [4.78, 5) is 11.6. The lowest BCUT2D eigenvalue weighted by Crippen LogP contribution is -2.39. The van der Waals surface area contributed by atoms with Crippen molar-refractivity contribution in [3.8, 4) is 11.5 Å². The van der Waals surface area contributed by atoms with Crippen LogP contribution in [0.25, 0.3) is 0 Å². The van der Waals surface area contributed by atoms with E-state index >= 15 is 0 Å². The number of ether oxygens (including phenoxy) is 3. The first-order chi connectivity index (χ1) is 9.20. The molecule has 0 bridgehead atoms. The van der Waals surface area contributed by atoms with Gasteiger partial charge in [0.1, 0.15) is 0 Å². The van der Waals surface area contributed by atoms with Crippen LogP contribution in [-0.2, 0) is 16.0 Å². The van der Waals surface area contributed by atoms with E-state index < -0.39 is 11.4 Å². The largest absolute Gasteiger partial charge is 0.481 e. The van der Waals surface area contributed by atoms with E-state index in [0.29, 0.717) is 38.2 Å². The molecule has 2 heterocycles. The highest BCUT2D eigenvalue weighted by atomic mass is 16.7. The first-order valence-corrected chi connectivity index (χ1v) is 6.39. The Balaban J connectivity index is 1.84. The highest BCUT2D eigenvalue weighted by Crippen LogP contribution is 2.38. The SMILES string of the molecule is O=C(O)C1(Cc2ccc3c(c2)OCO3)CCOCC1. The monoisotopic (exact) mass is 264 g/mol. The molecule has 3 rings (SSSR count). The molecule has 0 amide bonds. The Morgan fingerprint density at radius 2 is 1.95 bits per heavy atom. The van der Waals surface area contributed by atoms with Crippen molar-refractivity contribution in [3.05, 3.63) is 23.8 Å². The molecular formula is C14H16O5. The van der Waals surface area contributed by atoms with E-state index in [1.54, 1.807) is 0 Å². The van der Waals surface area contributed by atoms with Crippen molar-refractivity contribution in [2.24, 2.45) is 5.41 Å². The van der Waals surface area contributed by atoms with Gasteiger partial charge < -0.3 is 19.3 Å². The van der Waals surface area contributed by atoms with Crippen molar-refractivity contribution in [3.63, 3.8) is 0 Å². The molecule has 1 aromatic rings. The fourth-order valence-electron chi connectivity index (χ4n) is 2.67. The summed E-state index contributed by atoms with van der Waals surface area (Å²) in [5.74, 6) is 0.679. The highest BCUT2D eigenvalue weighted by Gasteiger charge is 2.40. The van der Waals surface area contributed by atoms with Crippen LogP contribution in [0.1, 0.15) is 18.4 Å². The van der Waals surface area contributed by atoms with E-state index in [9.17, 15) is 9.90 Å². The molecule has 0 radical (unpaired) electrons. The number of fused-ring (bicyclic) bond motifs is 1. The average Bonchev–Trinajstić information content (AvgIpc) is 2.87. The van der Waals surface area contributed by atoms with E-state index in [1.165, 1.54) is 0 Å². The van der Waals surface area contributed by atoms with Crippen LogP contribution in [-0.4, -0.2) is 31.1 Å². The van der Waals surface area contributed by atoms with Gasteiger partial charge in [0.2, 0.25) is 6.79 Å². The van der Waals surface area contributed by atoms with E-state index in [1.807, 2.05) is 18.2 Å². The molecule has 5 nitrogen and oxygen atoms in total. The summed E-state index contributed by atoms with van der Waals surface area (Å²) in [5, 5.41) is 9.53. The Kier molecular flexibility index (Phi) is 3.06. The lowest BCUT2D eigenvalue weighted by atomic mass is 9.75. The maximum absolute atomic E-state index is 11.6. The van der Waals surface area contributed by atoms with Crippen LogP contribution < -0.4 is 9.47 Å². The van der Waals surface area contributed by atoms with Gasteiger partial charge in [0.05, 0.1) is 5.41 Å². The fraction of sp³-hybridized carbons (Fsp3) is 0.500. The number of hydrogen-bond donors (Lipinski definition) is 1. The topological polar surface area (TPSA) is 65.0 Å². The van der Waals surface area contributed by atoms with Crippen LogP contribution in [0, 0.1) is 5.41 Å². The lowest BCUT2D eigenvalue weighted by Gasteiger charge is -2.33. The first kappa shape index (κ1) is 12.3. The number of carboxylic acids is 1. The maximum Gasteiger partial charge on any atom is 0.310 e.